The number of benzene rings is 1. The molecule has 13 heteroatoms. The second kappa shape index (κ2) is 15.7. The molecular weight excluding hydrogens is 558 g/mol. The summed E-state index contributed by atoms with van der Waals surface area (Å²) in [5.74, 6) is -1.69. The number of hydrogen-bond donors (Lipinski definition) is 5. The summed E-state index contributed by atoms with van der Waals surface area (Å²) in [6, 6.07) is 3.72. The predicted octanol–water partition coefficient (Wildman–Crippen LogP) is 2.13. The second-order valence-corrected chi connectivity index (χ2v) is 12.9. The molecule has 224 valence electrons. The Balaban J connectivity index is 1.64. The summed E-state index contributed by atoms with van der Waals surface area (Å²) in [6.45, 7) is 4.58. The summed E-state index contributed by atoms with van der Waals surface area (Å²) in [4.78, 5) is 39.9. The number of carbonyl (C=O) groups is 3. The van der Waals surface area contributed by atoms with Crippen LogP contribution in [0.1, 0.15) is 58.3 Å². The van der Waals surface area contributed by atoms with Gasteiger partial charge in [-0.3, -0.25) is 9.59 Å². The Morgan fingerprint density at radius 1 is 0.975 bits per heavy atom. The van der Waals surface area contributed by atoms with Gasteiger partial charge in [0, 0.05) is 10.9 Å². The predicted molar refractivity (Wildman–Crippen MR) is 152 cm³/mol. The highest BCUT2D eigenvalue weighted by atomic mass is 35.5. The van der Waals surface area contributed by atoms with Crippen LogP contribution in [0.4, 0.5) is 0 Å². The minimum atomic E-state index is -4.29. The second-order valence-electron chi connectivity index (χ2n) is 10.8. The lowest BCUT2D eigenvalue weighted by Gasteiger charge is -2.28. The number of aliphatic carboxylic acids is 1. The molecule has 0 aliphatic carbocycles. The fourth-order valence-corrected chi connectivity index (χ4v) is 6.51. The van der Waals surface area contributed by atoms with Gasteiger partial charge in [-0.25, -0.2) is 18.2 Å². The van der Waals surface area contributed by atoms with Gasteiger partial charge in [0.05, 0.1) is 11.4 Å². The maximum absolute atomic E-state index is 13.3. The number of amides is 2. The van der Waals surface area contributed by atoms with Gasteiger partial charge in [0.25, 0.3) is 15.9 Å². The first-order chi connectivity index (χ1) is 19.1. The maximum atomic E-state index is 13.3. The van der Waals surface area contributed by atoms with E-state index in [0.717, 1.165) is 64.7 Å². The van der Waals surface area contributed by atoms with E-state index < -0.39 is 34.5 Å². The number of nitrogens with one attached hydrogen (secondary N) is 4. The van der Waals surface area contributed by atoms with E-state index in [1.54, 1.807) is 0 Å². The van der Waals surface area contributed by atoms with Crippen molar-refractivity contribution in [1.29, 1.82) is 0 Å². The van der Waals surface area contributed by atoms with Crippen molar-refractivity contribution in [1.82, 2.24) is 25.8 Å². The van der Waals surface area contributed by atoms with Gasteiger partial charge in [-0.2, -0.15) is 0 Å². The molecule has 1 unspecified atom stereocenters. The van der Waals surface area contributed by atoms with Gasteiger partial charge in [-0.1, -0.05) is 11.6 Å². The molecule has 0 bridgehead atoms. The third kappa shape index (κ3) is 9.99. The zero-order valence-electron chi connectivity index (χ0n) is 23.0. The van der Waals surface area contributed by atoms with Crippen LogP contribution in [0.3, 0.4) is 0 Å². The summed E-state index contributed by atoms with van der Waals surface area (Å²) >= 11 is 5.84. The van der Waals surface area contributed by atoms with E-state index >= 15 is 0 Å². The molecule has 40 heavy (non-hydrogen) atoms. The van der Waals surface area contributed by atoms with Crippen LogP contribution in [0.15, 0.2) is 29.2 Å². The Morgan fingerprint density at radius 3 is 1.95 bits per heavy atom. The van der Waals surface area contributed by atoms with Crippen molar-refractivity contribution in [2.45, 2.75) is 69.2 Å². The van der Waals surface area contributed by atoms with Crippen molar-refractivity contribution in [3.8, 4) is 0 Å². The summed E-state index contributed by atoms with van der Waals surface area (Å²) < 4.78 is 25.7. The Hall–Kier alpha value is -2.25. The van der Waals surface area contributed by atoms with Crippen molar-refractivity contribution >= 4 is 39.4 Å². The van der Waals surface area contributed by atoms with Crippen molar-refractivity contribution in [3.63, 3.8) is 0 Å². The Kier molecular flexibility index (Phi) is 12.6. The SMILES string of the molecule is CC(C(=O)O)N(NS(=O)(=O)c1ccc(Cl)cc1)C(=O)CNC(=O)C(CCC1CCNCC1)CCC1CCNCC1. The van der Waals surface area contributed by atoms with Gasteiger partial charge in [0.2, 0.25) is 5.91 Å². The number of rotatable bonds is 14. The molecule has 0 saturated carbocycles. The average molecular weight is 600 g/mol. The summed E-state index contributed by atoms with van der Waals surface area (Å²) in [5, 5.41) is 19.8. The fourth-order valence-electron chi connectivity index (χ4n) is 5.27. The summed E-state index contributed by atoms with van der Waals surface area (Å²) in [6.07, 6.45) is 7.62. The zero-order chi connectivity index (χ0) is 29.1. The van der Waals surface area contributed by atoms with E-state index in [1.165, 1.54) is 31.2 Å². The van der Waals surface area contributed by atoms with Crippen molar-refractivity contribution in [2.75, 3.05) is 32.7 Å². The van der Waals surface area contributed by atoms with Gasteiger partial charge in [-0.15, -0.1) is 4.83 Å². The zero-order valence-corrected chi connectivity index (χ0v) is 24.6. The molecule has 0 aromatic heterocycles. The van der Waals surface area contributed by atoms with Gasteiger partial charge < -0.3 is 21.1 Å². The number of hydrazine groups is 1. The number of carboxylic acids is 1. The topological polar surface area (TPSA) is 157 Å². The molecule has 2 saturated heterocycles. The molecule has 2 fully saturated rings. The third-order valence-corrected chi connectivity index (χ3v) is 9.49. The van der Waals surface area contributed by atoms with Gasteiger partial charge in [0.15, 0.2) is 0 Å². The normalized spacial score (nSPS) is 17.9. The molecule has 1 aromatic carbocycles. The van der Waals surface area contributed by atoms with E-state index in [2.05, 4.69) is 20.8 Å². The molecule has 2 aliphatic rings. The molecular formula is C27H42ClN5O6S. The number of hydrogen-bond acceptors (Lipinski definition) is 7. The first-order valence-electron chi connectivity index (χ1n) is 14.1. The van der Waals surface area contributed by atoms with Crippen LogP contribution in [-0.2, 0) is 24.4 Å². The van der Waals surface area contributed by atoms with Crippen LogP contribution in [0.5, 0.6) is 0 Å². The summed E-state index contributed by atoms with van der Waals surface area (Å²) in [7, 11) is -4.29. The molecule has 0 radical (unpaired) electrons. The van der Waals surface area contributed by atoms with E-state index in [9.17, 15) is 27.9 Å². The molecule has 2 heterocycles. The van der Waals surface area contributed by atoms with Crippen molar-refractivity contribution < 1.29 is 27.9 Å². The highest BCUT2D eigenvalue weighted by Gasteiger charge is 2.31. The standard InChI is InChI=1S/C27H42ClN5O6S/c1-19(27(36)37)33(32-40(38,39)24-8-6-23(28)7-9-24)25(34)18-31-26(35)22(4-2-20-10-14-29-15-11-20)5-3-21-12-16-30-17-13-21/h6-9,19-22,29-30,32H,2-5,10-18H2,1H3,(H,31,35)(H,36,37). The number of carbonyl (C=O) groups excluding carboxylic acids is 2. The first kappa shape index (κ1) is 32.3. The quantitative estimate of drug-likeness (QED) is 0.204. The number of halogens is 1. The molecule has 2 amide bonds. The smallest absolute Gasteiger partial charge is 0.327 e. The van der Waals surface area contributed by atoms with E-state index in [4.69, 9.17) is 11.6 Å². The fraction of sp³-hybridized carbons (Fsp3) is 0.667. The molecule has 3 rings (SSSR count). The van der Waals surface area contributed by atoms with E-state index in [1.807, 2.05) is 0 Å². The van der Waals surface area contributed by atoms with Crippen LogP contribution in [-0.4, -0.2) is 75.1 Å². The summed E-state index contributed by atoms with van der Waals surface area (Å²) in [5.41, 5.74) is 0. The molecule has 0 spiro atoms. The van der Waals surface area contributed by atoms with Crippen LogP contribution in [0, 0.1) is 17.8 Å². The van der Waals surface area contributed by atoms with Crippen LogP contribution < -0.4 is 20.8 Å². The molecule has 2 aliphatic heterocycles. The molecule has 1 atom stereocenters. The molecule has 1 aromatic rings. The largest absolute Gasteiger partial charge is 0.480 e. The Morgan fingerprint density at radius 2 is 1.48 bits per heavy atom. The van der Waals surface area contributed by atoms with E-state index in [-0.39, 0.29) is 16.7 Å². The monoisotopic (exact) mass is 599 g/mol. The maximum Gasteiger partial charge on any atom is 0.327 e. The minimum Gasteiger partial charge on any atom is -0.480 e. The highest BCUT2D eigenvalue weighted by Crippen LogP contribution is 2.27. The number of nitrogens with zero attached hydrogens (tertiary/aromatic N) is 1. The number of piperidine rings is 2. The number of sulfonamides is 1. The third-order valence-electron chi connectivity index (χ3n) is 7.90. The van der Waals surface area contributed by atoms with Gasteiger partial charge in [-0.05, 0) is 121 Å². The first-order valence-corrected chi connectivity index (χ1v) is 15.9. The van der Waals surface area contributed by atoms with Gasteiger partial charge >= 0.3 is 5.97 Å². The number of carboxylic acid groups (broad SMARTS) is 1. The molecule has 11 nitrogen and oxygen atoms in total. The van der Waals surface area contributed by atoms with Gasteiger partial charge in [0.1, 0.15) is 6.04 Å². The van der Waals surface area contributed by atoms with Crippen LogP contribution in [0.25, 0.3) is 0 Å². The van der Waals surface area contributed by atoms with E-state index in [0.29, 0.717) is 34.7 Å². The lowest BCUT2D eigenvalue weighted by atomic mass is 9.84. The Bertz CT molecular complexity index is 1070. The van der Waals surface area contributed by atoms with Crippen molar-refractivity contribution in [2.24, 2.45) is 17.8 Å². The van der Waals surface area contributed by atoms with Crippen LogP contribution >= 0.6 is 11.6 Å². The average Bonchev–Trinajstić information content (AvgIpc) is 2.95. The lowest BCUT2D eigenvalue weighted by molar-refractivity contribution is -0.150. The highest BCUT2D eigenvalue weighted by molar-refractivity contribution is 7.89. The van der Waals surface area contributed by atoms with Crippen LogP contribution in [0.2, 0.25) is 5.02 Å². The minimum absolute atomic E-state index is 0.188. The lowest BCUT2D eigenvalue weighted by Crippen LogP contribution is -2.56. The molecule has 5 N–H and O–H groups in total. The Labute approximate surface area is 241 Å². The van der Waals surface area contributed by atoms with Crippen molar-refractivity contribution in [3.05, 3.63) is 29.3 Å².